The predicted molar refractivity (Wildman–Crippen MR) is 130 cm³/mol. The molecule has 0 bridgehead atoms. The van der Waals surface area contributed by atoms with Gasteiger partial charge in [0.1, 0.15) is 11.4 Å². The minimum atomic E-state index is -0.242. The molecule has 2 aromatic rings. The summed E-state index contributed by atoms with van der Waals surface area (Å²) in [5, 5.41) is 3.03. The summed E-state index contributed by atoms with van der Waals surface area (Å²) in [4.78, 5) is 16.7. The molecule has 0 saturated carbocycles. The number of para-hydroxylation sites is 1. The van der Waals surface area contributed by atoms with Gasteiger partial charge in [-0.1, -0.05) is 18.2 Å². The zero-order chi connectivity index (χ0) is 21.5. The van der Waals surface area contributed by atoms with E-state index in [1.54, 1.807) is 6.92 Å². The summed E-state index contributed by atoms with van der Waals surface area (Å²) in [5.74, 6) is 0.989. The molecule has 1 amide bonds. The Morgan fingerprint density at radius 1 is 1.03 bits per heavy atom. The van der Waals surface area contributed by atoms with Gasteiger partial charge >= 0.3 is 0 Å². The molecule has 5 nitrogen and oxygen atoms in total. The number of carbonyl (C=O) groups excluding carboxylic acids is 1. The zero-order valence-corrected chi connectivity index (χ0v) is 20.1. The van der Waals surface area contributed by atoms with E-state index in [9.17, 15) is 4.79 Å². The van der Waals surface area contributed by atoms with Crippen molar-refractivity contribution in [3.05, 3.63) is 52.6 Å². The third-order valence-electron chi connectivity index (χ3n) is 6.63. The van der Waals surface area contributed by atoms with Gasteiger partial charge in [-0.2, -0.15) is 0 Å². The Balaban J connectivity index is 0.00000272. The molecule has 2 aliphatic rings. The van der Waals surface area contributed by atoms with Crippen LogP contribution in [0.25, 0.3) is 0 Å². The van der Waals surface area contributed by atoms with E-state index in [0.29, 0.717) is 0 Å². The van der Waals surface area contributed by atoms with Gasteiger partial charge in [-0.3, -0.25) is 9.69 Å². The summed E-state index contributed by atoms with van der Waals surface area (Å²) < 4.78 is 6.59. The minimum absolute atomic E-state index is 0. The Morgan fingerprint density at radius 2 is 1.68 bits per heavy atom. The van der Waals surface area contributed by atoms with Crippen LogP contribution >= 0.6 is 12.4 Å². The number of anilines is 2. The van der Waals surface area contributed by atoms with Crippen molar-refractivity contribution >= 4 is 29.7 Å². The third kappa shape index (κ3) is 4.68. The van der Waals surface area contributed by atoms with Gasteiger partial charge in [0.15, 0.2) is 0 Å². The third-order valence-corrected chi connectivity index (χ3v) is 6.63. The maximum atomic E-state index is 11.7. The highest BCUT2D eigenvalue weighted by Crippen LogP contribution is 2.44. The van der Waals surface area contributed by atoms with Crippen LogP contribution in [0, 0.1) is 20.8 Å². The molecule has 0 aromatic heterocycles. The summed E-state index contributed by atoms with van der Waals surface area (Å²) in [5.41, 5.74) is 6.63. The van der Waals surface area contributed by atoms with E-state index in [2.05, 4.69) is 73.1 Å². The summed E-state index contributed by atoms with van der Waals surface area (Å²) in [6.07, 6.45) is 0.876. The highest BCUT2D eigenvalue weighted by molar-refractivity contribution is 5.91. The van der Waals surface area contributed by atoms with Crippen LogP contribution in [-0.2, 0) is 11.2 Å². The molecule has 1 atom stereocenters. The Bertz CT molecular complexity index is 955. The van der Waals surface area contributed by atoms with Crippen molar-refractivity contribution < 1.29 is 9.53 Å². The monoisotopic (exact) mass is 443 g/mol. The Kier molecular flexibility index (Phi) is 6.87. The number of carbonyl (C=O) groups is 1. The number of amides is 1. The van der Waals surface area contributed by atoms with Crippen LogP contribution in [0.15, 0.2) is 30.3 Å². The standard InChI is InChI=1S/C25H33N3O2.ClH/c1-17-18(2)24-22(19(3)23(17)26-20(4)29)15-25(5,30-24)16-27-11-13-28(14-12-27)21-9-7-6-8-10-21;/h6-10H,11-16H2,1-5H3,(H,26,29);1H. The van der Waals surface area contributed by atoms with Crippen molar-refractivity contribution in [2.24, 2.45) is 0 Å². The molecular formula is C25H34ClN3O2. The Hall–Kier alpha value is -2.24. The van der Waals surface area contributed by atoms with E-state index in [0.717, 1.165) is 67.3 Å². The van der Waals surface area contributed by atoms with Crippen LogP contribution in [0.3, 0.4) is 0 Å². The van der Waals surface area contributed by atoms with Crippen LogP contribution < -0.4 is 15.0 Å². The summed E-state index contributed by atoms with van der Waals surface area (Å²) >= 11 is 0. The van der Waals surface area contributed by atoms with Gasteiger partial charge in [-0.05, 0) is 56.5 Å². The average molecular weight is 444 g/mol. The number of nitrogens with zero attached hydrogens (tertiary/aromatic N) is 2. The fourth-order valence-corrected chi connectivity index (χ4v) is 4.92. The SMILES string of the molecule is CC(=O)Nc1c(C)c(C)c2c(c1C)CC(C)(CN1CCN(c3ccccc3)CC1)O2.Cl. The lowest BCUT2D eigenvalue weighted by Gasteiger charge is -2.39. The molecule has 1 unspecified atom stereocenters. The maximum absolute atomic E-state index is 11.7. The van der Waals surface area contributed by atoms with Crippen LogP contribution in [0.1, 0.15) is 36.1 Å². The van der Waals surface area contributed by atoms with E-state index in [1.807, 2.05) is 0 Å². The lowest BCUT2D eigenvalue weighted by molar-refractivity contribution is -0.114. The second-order valence-corrected chi connectivity index (χ2v) is 9.07. The lowest BCUT2D eigenvalue weighted by Crippen LogP contribution is -2.52. The highest BCUT2D eigenvalue weighted by atomic mass is 35.5. The summed E-state index contributed by atoms with van der Waals surface area (Å²) in [6, 6.07) is 10.7. The number of fused-ring (bicyclic) bond motifs is 1. The number of ether oxygens (including phenoxy) is 1. The fraction of sp³-hybridized carbons (Fsp3) is 0.480. The molecular weight excluding hydrogens is 410 g/mol. The number of hydrogen-bond donors (Lipinski definition) is 1. The number of rotatable bonds is 4. The number of nitrogens with one attached hydrogen (secondary N) is 1. The molecule has 31 heavy (non-hydrogen) atoms. The molecule has 0 spiro atoms. The first kappa shape index (κ1) is 23.4. The second kappa shape index (κ2) is 9.09. The number of piperazine rings is 1. The maximum Gasteiger partial charge on any atom is 0.221 e. The molecule has 4 rings (SSSR count). The summed E-state index contributed by atoms with van der Waals surface area (Å²) in [7, 11) is 0. The molecule has 168 valence electrons. The van der Waals surface area contributed by atoms with Crippen LogP contribution in [0.2, 0.25) is 0 Å². The van der Waals surface area contributed by atoms with Crippen molar-refractivity contribution in [1.29, 1.82) is 0 Å². The van der Waals surface area contributed by atoms with Gasteiger partial charge in [0, 0.05) is 63.0 Å². The van der Waals surface area contributed by atoms with Gasteiger partial charge in [0.05, 0.1) is 0 Å². The first-order valence-corrected chi connectivity index (χ1v) is 10.9. The van der Waals surface area contributed by atoms with Crippen molar-refractivity contribution in [3.63, 3.8) is 0 Å². The quantitative estimate of drug-likeness (QED) is 0.755. The summed E-state index contributed by atoms with van der Waals surface area (Å²) in [6.45, 7) is 15.1. The van der Waals surface area contributed by atoms with Crippen molar-refractivity contribution in [2.45, 2.75) is 46.6 Å². The van der Waals surface area contributed by atoms with E-state index in [1.165, 1.54) is 11.3 Å². The molecule has 1 saturated heterocycles. The molecule has 0 aliphatic carbocycles. The number of benzene rings is 2. The van der Waals surface area contributed by atoms with E-state index >= 15 is 0 Å². The lowest BCUT2D eigenvalue weighted by atomic mass is 9.91. The number of halogens is 1. The molecule has 0 radical (unpaired) electrons. The molecule has 1 fully saturated rings. The van der Waals surface area contributed by atoms with Crippen LogP contribution in [0.4, 0.5) is 11.4 Å². The van der Waals surface area contributed by atoms with Gasteiger partial charge in [-0.15, -0.1) is 12.4 Å². The van der Waals surface area contributed by atoms with Gasteiger partial charge in [-0.25, -0.2) is 0 Å². The Labute approximate surface area is 192 Å². The minimum Gasteiger partial charge on any atom is -0.485 e. The van der Waals surface area contributed by atoms with Crippen molar-refractivity contribution in [3.8, 4) is 5.75 Å². The fourth-order valence-electron chi connectivity index (χ4n) is 4.92. The van der Waals surface area contributed by atoms with Gasteiger partial charge in [0.2, 0.25) is 5.91 Å². The van der Waals surface area contributed by atoms with Gasteiger partial charge in [0.25, 0.3) is 0 Å². The average Bonchev–Trinajstić information content (AvgIpc) is 3.08. The van der Waals surface area contributed by atoms with Crippen molar-refractivity contribution in [2.75, 3.05) is 42.9 Å². The van der Waals surface area contributed by atoms with E-state index < -0.39 is 0 Å². The van der Waals surface area contributed by atoms with Crippen LogP contribution in [0.5, 0.6) is 5.75 Å². The first-order chi connectivity index (χ1) is 14.3. The smallest absolute Gasteiger partial charge is 0.221 e. The Morgan fingerprint density at radius 3 is 2.29 bits per heavy atom. The van der Waals surface area contributed by atoms with Crippen LogP contribution in [-0.4, -0.2) is 49.1 Å². The molecule has 2 aliphatic heterocycles. The molecule has 1 N–H and O–H groups in total. The van der Waals surface area contributed by atoms with Gasteiger partial charge < -0.3 is 15.0 Å². The van der Waals surface area contributed by atoms with E-state index in [4.69, 9.17) is 4.74 Å². The first-order valence-electron chi connectivity index (χ1n) is 10.9. The van der Waals surface area contributed by atoms with Crippen molar-refractivity contribution in [1.82, 2.24) is 4.90 Å². The largest absolute Gasteiger partial charge is 0.485 e. The normalized spacial score (nSPS) is 20.6. The molecule has 2 aromatic carbocycles. The predicted octanol–water partition coefficient (Wildman–Crippen LogP) is 4.51. The second-order valence-electron chi connectivity index (χ2n) is 9.07. The highest BCUT2D eigenvalue weighted by Gasteiger charge is 2.40. The zero-order valence-electron chi connectivity index (χ0n) is 19.2. The topological polar surface area (TPSA) is 44.8 Å². The molecule has 2 heterocycles. The van der Waals surface area contributed by atoms with E-state index in [-0.39, 0.29) is 23.9 Å². The molecule has 6 heteroatoms. The number of hydrogen-bond acceptors (Lipinski definition) is 4.